The Morgan fingerprint density at radius 2 is 2.00 bits per heavy atom. The predicted molar refractivity (Wildman–Crippen MR) is 66.3 cm³/mol. The summed E-state index contributed by atoms with van der Waals surface area (Å²) in [4.78, 5) is 24.5. The molecule has 5 heteroatoms. The van der Waals surface area contributed by atoms with Gasteiger partial charge in [-0.1, -0.05) is 17.7 Å². The van der Waals surface area contributed by atoms with Gasteiger partial charge in [0.05, 0.1) is 10.7 Å². The number of aryl methyl sites for hydroxylation is 2. The molecule has 2 rings (SSSR count). The van der Waals surface area contributed by atoms with Crippen molar-refractivity contribution < 1.29 is 9.59 Å². The van der Waals surface area contributed by atoms with Crippen molar-refractivity contribution in [3.63, 3.8) is 0 Å². The average molecular weight is 253 g/mol. The summed E-state index contributed by atoms with van der Waals surface area (Å²) >= 11 is 6.16. The van der Waals surface area contributed by atoms with E-state index in [0.29, 0.717) is 23.8 Å². The van der Waals surface area contributed by atoms with Crippen molar-refractivity contribution in [2.24, 2.45) is 0 Å². The summed E-state index contributed by atoms with van der Waals surface area (Å²) in [5, 5.41) is 3.01. The summed E-state index contributed by atoms with van der Waals surface area (Å²) in [5.41, 5.74) is 2.57. The Hall–Kier alpha value is -1.55. The van der Waals surface area contributed by atoms with Crippen LogP contribution in [0.1, 0.15) is 11.1 Å². The lowest BCUT2D eigenvalue weighted by Gasteiger charge is -2.28. The van der Waals surface area contributed by atoms with Gasteiger partial charge in [-0.2, -0.15) is 0 Å². The van der Waals surface area contributed by atoms with E-state index in [1.807, 2.05) is 19.9 Å². The molecule has 0 spiro atoms. The molecule has 0 unspecified atom stereocenters. The van der Waals surface area contributed by atoms with Gasteiger partial charge >= 0.3 is 11.8 Å². The van der Waals surface area contributed by atoms with Gasteiger partial charge in [-0.3, -0.25) is 9.59 Å². The quantitative estimate of drug-likeness (QED) is 0.769. The van der Waals surface area contributed by atoms with E-state index in [4.69, 9.17) is 11.6 Å². The Bertz CT molecular complexity index is 476. The Morgan fingerprint density at radius 3 is 2.65 bits per heavy atom. The fourth-order valence-electron chi connectivity index (χ4n) is 2.04. The van der Waals surface area contributed by atoms with E-state index in [1.54, 1.807) is 6.07 Å². The summed E-state index contributed by atoms with van der Waals surface area (Å²) in [5.74, 6) is -1.13. The van der Waals surface area contributed by atoms with Gasteiger partial charge in [0.1, 0.15) is 0 Å². The van der Waals surface area contributed by atoms with Gasteiger partial charge in [-0.25, -0.2) is 0 Å². The molecular formula is C12H13ClN2O2. The molecule has 2 amide bonds. The summed E-state index contributed by atoms with van der Waals surface area (Å²) in [7, 11) is 0. The molecule has 1 aliphatic rings. The number of benzene rings is 1. The van der Waals surface area contributed by atoms with Crippen LogP contribution in [0.25, 0.3) is 0 Å². The van der Waals surface area contributed by atoms with Crippen LogP contribution in [0.15, 0.2) is 12.1 Å². The smallest absolute Gasteiger partial charge is 0.316 e. The number of carbonyl (C=O) groups excluding carboxylic acids is 2. The van der Waals surface area contributed by atoms with Crippen LogP contribution >= 0.6 is 11.6 Å². The Labute approximate surface area is 105 Å². The van der Waals surface area contributed by atoms with Crippen molar-refractivity contribution in [2.75, 3.05) is 18.0 Å². The minimum Gasteiger partial charge on any atom is -0.346 e. The fraction of sp³-hybridized carbons (Fsp3) is 0.333. The third kappa shape index (κ3) is 2.13. The SMILES string of the molecule is Cc1cc(C)c(N2CCNC(=O)C2=O)c(Cl)c1. The minimum atomic E-state index is -0.577. The zero-order valence-electron chi connectivity index (χ0n) is 9.71. The maximum atomic E-state index is 11.8. The van der Waals surface area contributed by atoms with E-state index in [0.717, 1.165) is 11.1 Å². The highest BCUT2D eigenvalue weighted by molar-refractivity contribution is 6.43. The number of piperazine rings is 1. The Morgan fingerprint density at radius 1 is 1.29 bits per heavy atom. The number of hydrogen-bond acceptors (Lipinski definition) is 2. The first-order valence-electron chi connectivity index (χ1n) is 5.37. The topological polar surface area (TPSA) is 49.4 Å². The highest BCUT2D eigenvalue weighted by Gasteiger charge is 2.29. The van der Waals surface area contributed by atoms with E-state index in [2.05, 4.69) is 5.32 Å². The van der Waals surface area contributed by atoms with Gasteiger partial charge < -0.3 is 10.2 Å². The average Bonchev–Trinajstić information content (AvgIpc) is 2.23. The van der Waals surface area contributed by atoms with Crippen molar-refractivity contribution >= 4 is 29.1 Å². The standard InChI is InChI=1S/C12H13ClN2O2/c1-7-5-8(2)10(9(13)6-7)15-4-3-14-11(16)12(15)17/h5-6H,3-4H2,1-2H3,(H,14,16). The molecule has 0 radical (unpaired) electrons. The first kappa shape index (κ1) is 11.9. The van der Waals surface area contributed by atoms with Gasteiger partial charge in [0, 0.05) is 13.1 Å². The molecule has 1 heterocycles. The molecule has 1 saturated heterocycles. The van der Waals surface area contributed by atoms with Gasteiger partial charge in [0.2, 0.25) is 0 Å². The van der Waals surface area contributed by atoms with Crippen LogP contribution in [0, 0.1) is 13.8 Å². The number of nitrogens with one attached hydrogen (secondary N) is 1. The predicted octanol–water partition coefficient (Wildman–Crippen LogP) is 1.42. The molecule has 1 N–H and O–H groups in total. The number of hydrogen-bond donors (Lipinski definition) is 1. The van der Waals surface area contributed by atoms with Crippen LogP contribution in [0.3, 0.4) is 0 Å². The lowest BCUT2D eigenvalue weighted by atomic mass is 10.1. The molecule has 90 valence electrons. The molecule has 0 saturated carbocycles. The number of amides is 2. The normalized spacial score (nSPS) is 16.1. The van der Waals surface area contributed by atoms with E-state index in [1.165, 1.54) is 4.90 Å². The molecule has 1 fully saturated rings. The monoisotopic (exact) mass is 252 g/mol. The van der Waals surface area contributed by atoms with Gasteiger partial charge in [0.15, 0.2) is 0 Å². The first-order chi connectivity index (χ1) is 8.00. The van der Waals surface area contributed by atoms with E-state index < -0.39 is 11.8 Å². The lowest BCUT2D eigenvalue weighted by molar-refractivity contribution is -0.138. The molecule has 4 nitrogen and oxygen atoms in total. The Balaban J connectivity index is 2.46. The van der Waals surface area contributed by atoms with Crippen molar-refractivity contribution in [3.05, 3.63) is 28.3 Å². The fourth-order valence-corrected chi connectivity index (χ4v) is 2.47. The number of rotatable bonds is 1. The van der Waals surface area contributed by atoms with E-state index in [9.17, 15) is 9.59 Å². The molecule has 1 aliphatic heterocycles. The molecule has 0 aromatic heterocycles. The van der Waals surface area contributed by atoms with Gasteiger partial charge in [-0.15, -0.1) is 0 Å². The number of halogens is 1. The van der Waals surface area contributed by atoms with Crippen molar-refractivity contribution in [1.29, 1.82) is 0 Å². The minimum absolute atomic E-state index is 0.453. The van der Waals surface area contributed by atoms with Gasteiger partial charge in [0.25, 0.3) is 0 Å². The molecule has 17 heavy (non-hydrogen) atoms. The molecule has 1 aromatic rings. The van der Waals surface area contributed by atoms with E-state index >= 15 is 0 Å². The van der Waals surface area contributed by atoms with Crippen LogP contribution in [0.5, 0.6) is 0 Å². The number of nitrogens with zero attached hydrogens (tertiary/aromatic N) is 1. The maximum Gasteiger partial charge on any atom is 0.316 e. The van der Waals surface area contributed by atoms with Gasteiger partial charge in [-0.05, 0) is 31.0 Å². The van der Waals surface area contributed by atoms with E-state index in [-0.39, 0.29) is 0 Å². The third-order valence-corrected chi connectivity index (χ3v) is 3.02. The zero-order chi connectivity index (χ0) is 12.6. The molecule has 1 aromatic carbocycles. The van der Waals surface area contributed by atoms with Crippen LogP contribution in [0.4, 0.5) is 5.69 Å². The van der Waals surface area contributed by atoms with Crippen molar-refractivity contribution in [1.82, 2.24) is 5.32 Å². The molecule has 0 atom stereocenters. The number of anilines is 1. The van der Waals surface area contributed by atoms with Crippen LogP contribution < -0.4 is 10.2 Å². The zero-order valence-corrected chi connectivity index (χ0v) is 10.5. The third-order valence-electron chi connectivity index (χ3n) is 2.73. The van der Waals surface area contributed by atoms with Crippen molar-refractivity contribution in [2.45, 2.75) is 13.8 Å². The maximum absolute atomic E-state index is 11.8. The highest BCUT2D eigenvalue weighted by Crippen LogP contribution is 2.31. The second kappa shape index (κ2) is 4.37. The van der Waals surface area contributed by atoms with Crippen LogP contribution in [0.2, 0.25) is 5.02 Å². The largest absolute Gasteiger partial charge is 0.346 e. The lowest BCUT2D eigenvalue weighted by Crippen LogP contribution is -2.52. The summed E-state index contributed by atoms with van der Waals surface area (Å²) in [6.07, 6.45) is 0. The summed E-state index contributed by atoms with van der Waals surface area (Å²) in [6, 6.07) is 3.74. The molecule has 0 bridgehead atoms. The summed E-state index contributed by atoms with van der Waals surface area (Å²) < 4.78 is 0. The van der Waals surface area contributed by atoms with Crippen molar-refractivity contribution in [3.8, 4) is 0 Å². The van der Waals surface area contributed by atoms with Crippen LogP contribution in [-0.4, -0.2) is 24.9 Å². The first-order valence-corrected chi connectivity index (χ1v) is 5.75. The molecule has 0 aliphatic carbocycles. The van der Waals surface area contributed by atoms with Crippen LogP contribution in [-0.2, 0) is 9.59 Å². The molecular weight excluding hydrogens is 240 g/mol. The Kier molecular flexibility index (Phi) is 3.07. The number of carbonyl (C=O) groups is 2. The second-order valence-electron chi connectivity index (χ2n) is 4.12. The second-order valence-corrected chi connectivity index (χ2v) is 4.53. The summed E-state index contributed by atoms with van der Waals surface area (Å²) in [6.45, 7) is 4.73. The highest BCUT2D eigenvalue weighted by atomic mass is 35.5.